The molecule has 1 saturated heterocycles. The van der Waals surface area contributed by atoms with Gasteiger partial charge in [-0.1, -0.05) is 6.92 Å². The number of ether oxygens (including phenoxy) is 1. The molecule has 1 unspecified atom stereocenters. The number of carbonyl (C=O) groups excluding carboxylic acids is 2. The molecule has 0 spiro atoms. The smallest absolute Gasteiger partial charge is 0.317 e. The molecule has 0 aromatic rings. The minimum Gasteiger partial charge on any atom is -0.463 e. The molecule has 1 fully saturated rings. The summed E-state index contributed by atoms with van der Waals surface area (Å²) in [7, 11) is 0. The number of nitrogens with zero attached hydrogens (tertiary/aromatic N) is 1. The van der Waals surface area contributed by atoms with Gasteiger partial charge < -0.3 is 15.0 Å². The van der Waals surface area contributed by atoms with E-state index in [1.54, 1.807) is 0 Å². The molecule has 1 N–H and O–H groups in total. The van der Waals surface area contributed by atoms with Crippen molar-refractivity contribution >= 4 is 12.0 Å². The lowest BCUT2D eigenvalue weighted by molar-refractivity contribution is -0.147. The first-order valence-electron chi connectivity index (χ1n) is 6.71. The fourth-order valence-corrected chi connectivity index (χ4v) is 2.08. The first-order chi connectivity index (χ1) is 8.49. The van der Waals surface area contributed by atoms with Gasteiger partial charge in [0.05, 0.1) is 12.5 Å². The number of likely N-dealkylation sites (tertiary alicyclic amines) is 1. The number of esters is 1. The van der Waals surface area contributed by atoms with Gasteiger partial charge in [0, 0.05) is 19.6 Å². The van der Waals surface area contributed by atoms with Crippen LogP contribution in [0.1, 0.15) is 40.0 Å². The molecule has 5 nitrogen and oxygen atoms in total. The highest BCUT2D eigenvalue weighted by atomic mass is 16.5. The zero-order valence-corrected chi connectivity index (χ0v) is 11.6. The predicted octanol–water partition coefficient (Wildman–Crippen LogP) is 1.77. The van der Waals surface area contributed by atoms with Gasteiger partial charge in [-0.2, -0.15) is 0 Å². The molecule has 0 saturated carbocycles. The molecular formula is C13H24N2O3. The van der Waals surface area contributed by atoms with Crippen LogP contribution in [-0.4, -0.2) is 42.6 Å². The molecule has 0 radical (unpaired) electrons. The lowest BCUT2D eigenvalue weighted by Gasteiger charge is -2.30. The van der Waals surface area contributed by atoms with Crippen LogP contribution in [0, 0.1) is 5.92 Å². The van der Waals surface area contributed by atoms with E-state index in [1.165, 1.54) is 6.42 Å². The molecule has 1 rings (SSSR count). The fraction of sp³-hybridized carbons (Fsp3) is 0.846. The van der Waals surface area contributed by atoms with E-state index in [0.29, 0.717) is 12.5 Å². The van der Waals surface area contributed by atoms with Crippen LogP contribution < -0.4 is 5.32 Å². The highest BCUT2D eigenvalue weighted by Crippen LogP contribution is 2.15. The van der Waals surface area contributed by atoms with Gasteiger partial charge in [-0.3, -0.25) is 4.79 Å². The number of nitrogens with one attached hydrogen (secondary N) is 1. The maximum Gasteiger partial charge on any atom is 0.317 e. The summed E-state index contributed by atoms with van der Waals surface area (Å²) in [5, 5.41) is 2.76. The number of piperidine rings is 1. The Kier molecular flexibility index (Phi) is 5.95. The first kappa shape index (κ1) is 14.8. The number of amides is 2. The normalized spacial score (nSPS) is 19.8. The molecule has 0 aromatic carbocycles. The molecule has 1 heterocycles. The molecule has 0 aromatic heterocycles. The zero-order chi connectivity index (χ0) is 13.5. The minimum atomic E-state index is -0.266. The monoisotopic (exact) mass is 256 g/mol. The predicted molar refractivity (Wildman–Crippen MR) is 69.2 cm³/mol. The highest BCUT2D eigenvalue weighted by Gasteiger charge is 2.20. The molecule has 1 aliphatic heterocycles. The summed E-state index contributed by atoms with van der Waals surface area (Å²) in [6.07, 6.45) is 2.37. The minimum absolute atomic E-state index is 0.0705. The van der Waals surface area contributed by atoms with Gasteiger partial charge in [0.2, 0.25) is 0 Å². The van der Waals surface area contributed by atoms with Crippen LogP contribution in [0.15, 0.2) is 0 Å². The van der Waals surface area contributed by atoms with E-state index in [0.717, 1.165) is 19.5 Å². The molecule has 0 bridgehead atoms. The van der Waals surface area contributed by atoms with Crippen molar-refractivity contribution in [2.75, 3.05) is 19.6 Å². The Labute approximate surface area is 109 Å². The quantitative estimate of drug-likeness (QED) is 0.780. The lowest BCUT2D eigenvalue weighted by atomic mass is 10.0. The van der Waals surface area contributed by atoms with Crippen molar-refractivity contribution < 1.29 is 14.3 Å². The summed E-state index contributed by atoms with van der Waals surface area (Å²) >= 11 is 0. The second-order valence-electron chi connectivity index (χ2n) is 5.21. The Morgan fingerprint density at radius 1 is 1.44 bits per heavy atom. The number of urea groups is 1. The fourth-order valence-electron chi connectivity index (χ4n) is 2.08. The molecule has 0 aliphatic carbocycles. The van der Waals surface area contributed by atoms with Gasteiger partial charge in [-0.05, 0) is 32.6 Å². The number of carbonyl (C=O) groups is 2. The van der Waals surface area contributed by atoms with E-state index in [1.807, 2.05) is 18.7 Å². The Bertz CT molecular complexity index is 292. The zero-order valence-electron chi connectivity index (χ0n) is 11.6. The Morgan fingerprint density at radius 2 is 2.17 bits per heavy atom. The molecular weight excluding hydrogens is 232 g/mol. The van der Waals surface area contributed by atoms with Crippen LogP contribution in [0.25, 0.3) is 0 Å². The van der Waals surface area contributed by atoms with Gasteiger partial charge in [0.25, 0.3) is 0 Å². The van der Waals surface area contributed by atoms with Crippen LogP contribution in [0.2, 0.25) is 0 Å². The maximum atomic E-state index is 11.8. The van der Waals surface area contributed by atoms with Gasteiger partial charge in [-0.15, -0.1) is 0 Å². The molecule has 5 heteroatoms. The molecule has 18 heavy (non-hydrogen) atoms. The van der Waals surface area contributed by atoms with E-state index in [-0.39, 0.29) is 24.5 Å². The summed E-state index contributed by atoms with van der Waals surface area (Å²) in [4.78, 5) is 24.9. The molecule has 2 amide bonds. The van der Waals surface area contributed by atoms with E-state index < -0.39 is 0 Å². The van der Waals surface area contributed by atoms with E-state index >= 15 is 0 Å². The molecule has 1 atom stereocenters. The topological polar surface area (TPSA) is 58.6 Å². The van der Waals surface area contributed by atoms with Crippen molar-refractivity contribution in [2.24, 2.45) is 5.92 Å². The lowest BCUT2D eigenvalue weighted by Crippen LogP contribution is -2.45. The van der Waals surface area contributed by atoms with E-state index in [9.17, 15) is 9.59 Å². The van der Waals surface area contributed by atoms with Crippen LogP contribution in [-0.2, 0) is 9.53 Å². The number of hydrogen-bond acceptors (Lipinski definition) is 3. The second kappa shape index (κ2) is 7.24. The van der Waals surface area contributed by atoms with Crippen molar-refractivity contribution in [1.82, 2.24) is 10.2 Å². The van der Waals surface area contributed by atoms with Crippen LogP contribution in [0.5, 0.6) is 0 Å². The standard InChI is InChI=1S/C13H24N2O3/c1-10(2)18-12(16)6-7-14-13(17)15-8-4-5-11(3)9-15/h10-11H,4-9H2,1-3H3,(H,14,17). The van der Waals surface area contributed by atoms with Gasteiger partial charge >= 0.3 is 12.0 Å². The summed E-state index contributed by atoms with van der Waals surface area (Å²) in [6, 6.07) is -0.0705. The average molecular weight is 256 g/mol. The summed E-state index contributed by atoms with van der Waals surface area (Å²) in [5.74, 6) is 0.299. The number of hydrogen-bond donors (Lipinski definition) is 1. The maximum absolute atomic E-state index is 11.8. The van der Waals surface area contributed by atoms with Gasteiger partial charge in [0.1, 0.15) is 0 Å². The molecule has 1 aliphatic rings. The highest BCUT2D eigenvalue weighted by molar-refractivity contribution is 5.75. The summed E-state index contributed by atoms with van der Waals surface area (Å²) in [6.45, 7) is 7.74. The third kappa shape index (κ3) is 5.38. The van der Waals surface area contributed by atoms with Crippen LogP contribution >= 0.6 is 0 Å². The SMILES string of the molecule is CC1CCCN(C(=O)NCCC(=O)OC(C)C)C1. The van der Waals surface area contributed by atoms with E-state index in [4.69, 9.17) is 4.74 Å². The largest absolute Gasteiger partial charge is 0.463 e. The van der Waals surface area contributed by atoms with Crippen molar-refractivity contribution in [2.45, 2.75) is 46.1 Å². The summed E-state index contributed by atoms with van der Waals surface area (Å²) in [5.41, 5.74) is 0. The van der Waals surface area contributed by atoms with Gasteiger partial charge in [0.15, 0.2) is 0 Å². The third-order valence-electron chi connectivity index (χ3n) is 2.92. The first-order valence-corrected chi connectivity index (χ1v) is 6.71. The Morgan fingerprint density at radius 3 is 2.78 bits per heavy atom. The van der Waals surface area contributed by atoms with Crippen LogP contribution in [0.3, 0.4) is 0 Å². The van der Waals surface area contributed by atoms with Crippen LogP contribution in [0.4, 0.5) is 4.79 Å². The Balaban J connectivity index is 2.18. The van der Waals surface area contributed by atoms with Gasteiger partial charge in [-0.25, -0.2) is 4.79 Å². The summed E-state index contributed by atoms with van der Waals surface area (Å²) < 4.78 is 4.99. The van der Waals surface area contributed by atoms with E-state index in [2.05, 4.69) is 12.2 Å². The second-order valence-corrected chi connectivity index (χ2v) is 5.21. The van der Waals surface area contributed by atoms with Crippen molar-refractivity contribution in [3.8, 4) is 0 Å². The third-order valence-corrected chi connectivity index (χ3v) is 2.92. The number of rotatable bonds is 4. The molecule has 104 valence electrons. The average Bonchev–Trinajstić information content (AvgIpc) is 2.27. The van der Waals surface area contributed by atoms with Crippen molar-refractivity contribution in [1.29, 1.82) is 0 Å². The van der Waals surface area contributed by atoms with Crippen molar-refractivity contribution in [3.05, 3.63) is 0 Å². The van der Waals surface area contributed by atoms with Crippen molar-refractivity contribution in [3.63, 3.8) is 0 Å². The Hall–Kier alpha value is -1.26.